The molecule has 0 amide bonds. The Balaban J connectivity index is 2.44. The van der Waals surface area contributed by atoms with Crippen LogP contribution in [0.1, 0.15) is 22.8 Å². The van der Waals surface area contributed by atoms with Gasteiger partial charge in [0.1, 0.15) is 11.3 Å². The minimum atomic E-state index is -1.23. The maximum Gasteiger partial charge on any atom is 0.341 e. The van der Waals surface area contributed by atoms with Crippen molar-refractivity contribution in [1.29, 1.82) is 0 Å². The van der Waals surface area contributed by atoms with Crippen LogP contribution in [-0.4, -0.2) is 22.2 Å². The van der Waals surface area contributed by atoms with Gasteiger partial charge >= 0.3 is 5.97 Å². The third-order valence-electron chi connectivity index (χ3n) is 3.38. The highest BCUT2D eigenvalue weighted by Crippen LogP contribution is 2.29. The lowest BCUT2D eigenvalue weighted by Gasteiger charge is -2.09. The Morgan fingerprint density at radius 2 is 2.25 bits per heavy atom. The molecule has 0 saturated carbocycles. The number of allylic oxidation sites excluding steroid dienone is 1. The van der Waals surface area contributed by atoms with Crippen LogP contribution in [0.2, 0.25) is 0 Å². The van der Waals surface area contributed by atoms with Gasteiger partial charge in [0.05, 0.1) is 17.5 Å². The highest BCUT2D eigenvalue weighted by atomic mass is 16.5. The summed E-state index contributed by atoms with van der Waals surface area (Å²) in [5, 5.41) is 9.51. The van der Waals surface area contributed by atoms with E-state index in [9.17, 15) is 9.59 Å². The molecule has 1 aromatic heterocycles. The quantitative estimate of drug-likeness (QED) is 0.908. The van der Waals surface area contributed by atoms with Crippen molar-refractivity contribution >= 4 is 23.1 Å². The number of carboxylic acids is 1. The van der Waals surface area contributed by atoms with Crippen LogP contribution in [0.3, 0.4) is 0 Å². The third kappa shape index (κ3) is 1.79. The maximum absolute atomic E-state index is 12.3. The molecule has 0 radical (unpaired) electrons. The Hall–Kier alpha value is -2.56. The van der Waals surface area contributed by atoms with E-state index in [0.29, 0.717) is 23.3 Å². The molecule has 1 aliphatic rings. The first-order valence-corrected chi connectivity index (χ1v) is 6.32. The molecule has 5 nitrogen and oxygen atoms in total. The van der Waals surface area contributed by atoms with Crippen molar-refractivity contribution in [2.75, 3.05) is 6.61 Å². The van der Waals surface area contributed by atoms with Crippen LogP contribution >= 0.6 is 0 Å². The van der Waals surface area contributed by atoms with Gasteiger partial charge in [-0.05, 0) is 24.6 Å². The number of hydrogen-bond donors (Lipinski definition) is 1. The Morgan fingerprint density at radius 3 is 2.95 bits per heavy atom. The Morgan fingerprint density at radius 1 is 1.45 bits per heavy atom. The van der Waals surface area contributed by atoms with E-state index in [4.69, 9.17) is 9.84 Å². The van der Waals surface area contributed by atoms with E-state index in [1.54, 1.807) is 22.9 Å². The summed E-state index contributed by atoms with van der Waals surface area (Å²) < 4.78 is 7.11. The van der Waals surface area contributed by atoms with Crippen LogP contribution in [-0.2, 0) is 6.42 Å². The lowest BCUT2D eigenvalue weighted by Crippen LogP contribution is -2.17. The number of pyridine rings is 1. The summed E-state index contributed by atoms with van der Waals surface area (Å²) in [5.74, 6) is -0.555. The van der Waals surface area contributed by atoms with Crippen LogP contribution in [0.25, 0.3) is 17.1 Å². The zero-order valence-electron chi connectivity index (χ0n) is 10.9. The van der Waals surface area contributed by atoms with Gasteiger partial charge in [0, 0.05) is 18.8 Å². The van der Waals surface area contributed by atoms with E-state index in [1.165, 1.54) is 6.20 Å². The molecule has 3 rings (SSSR count). The van der Waals surface area contributed by atoms with E-state index in [-0.39, 0.29) is 5.56 Å². The van der Waals surface area contributed by atoms with Crippen molar-refractivity contribution in [3.8, 4) is 5.75 Å². The Kier molecular flexibility index (Phi) is 2.82. The summed E-state index contributed by atoms with van der Waals surface area (Å²) >= 11 is 0. The molecule has 1 aliphatic heterocycles. The summed E-state index contributed by atoms with van der Waals surface area (Å²) in [7, 11) is 0. The molecule has 0 bridgehead atoms. The molecule has 102 valence electrons. The number of carbonyl (C=O) groups is 1. The van der Waals surface area contributed by atoms with Gasteiger partial charge < -0.3 is 14.4 Å². The van der Waals surface area contributed by atoms with Crippen LogP contribution < -0.4 is 10.2 Å². The molecule has 0 unspecified atom stereocenters. The van der Waals surface area contributed by atoms with Gasteiger partial charge in [-0.3, -0.25) is 4.79 Å². The van der Waals surface area contributed by atoms with E-state index in [0.717, 1.165) is 12.0 Å². The van der Waals surface area contributed by atoms with Crippen molar-refractivity contribution in [2.24, 2.45) is 0 Å². The number of aromatic nitrogens is 1. The predicted octanol–water partition coefficient (Wildman–Crippen LogP) is 2.13. The molecule has 0 atom stereocenters. The zero-order chi connectivity index (χ0) is 14.3. The van der Waals surface area contributed by atoms with Crippen LogP contribution in [0.4, 0.5) is 0 Å². The fourth-order valence-corrected chi connectivity index (χ4v) is 2.46. The highest BCUT2D eigenvalue weighted by Gasteiger charge is 2.19. The van der Waals surface area contributed by atoms with Gasteiger partial charge in [-0.1, -0.05) is 6.08 Å². The summed E-state index contributed by atoms with van der Waals surface area (Å²) in [6.07, 6.45) is 5.68. The lowest BCUT2D eigenvalue weighted by atomic mass is 10.1. The Labute approximate surface area is 114 Å². The number of aromatic carboxylic acids is 1. The van der Waals surface area contributed by atoms with Gasteiger partial charge in [0.25, 0.3) is 0 Å². The first-order chi connectivity index (χ1) is 9.61. The molecule has 0 saturated heterocycles. The van der Waals surface area contributed by atoms with Crippen LogP contribution in [0, 0.1) is 0 Å². The fraction of sp³-hybridized carbons (Fsp3) is 0.200. The molecular weight excluding hydrogens is 258 g/mol. The predicted molar refractivity (Wildman–Crippen MR) is 75.4 cm³/mol. The zero-order valence-corrected chi connectivity index (χ0v) is 10.9. The molecule has 0 aliphatic carbocycles. The van der Waals surface area contributed by atoms with Gasteiger partial charge in [0.2, 0.25) is 5.43 Å². The average Bonchev–Trinajstić information content (AvgIpc) is 2.87. The summed E-state index contributed by atoms with van der Waals surface area (Å²) in [4.78, 5) is 23.4. The topological polar surface area (TPSA) is 68.5 Å². The number of ether oxygens (including phenoxy) is 1. The second kappa shape index (κ2) is 4.52. The second-order valence-electron chi connectivity index (χ2n) is 4.64. The molecule has 20 heavy (non-hydrogen) atoms. The number of nitrogens with zero attached hydrogens (tertiary/aromatic N) is 1. The fourth-order valence-electron chi connectivity index (χ4n) is 2.46. The third-order valence-corrected chi connectivity index (χ3v) is 3.38. The van der Waals surface area contributed by atoms with E-state index in [2.05, 4.69) is 0 Å². The molecule has 2 heterocycles. The van der Waals surface area contributed by atoms with Crippen molar-refractivity contribution in [3.05, 3.63) is 45.8 Å². The van der Waals surface area contributed by atoms with Gasteiger partial charge in [0.15, 0.2) is 0 Å². The lowest BCUT2D eigenvalue weighted by molar-refractivity contribution is 0.0695. The number of rotatable bonds is 2. The van der Waals surface area contributed by atoms with Crippen molar-refractivity contribution in [1.82, 2.24) is 4.57 Å². The molecular formula is C15H13NO4. The molecule has 1 N–H and O–H groups in total. The number of hydrogen-bond acceptors (Lipinski definition) is 3. The van der Waals surface area contributed by atoms with Crippen molar-refractivity contribution < 1.29 is 14.6 Å². The summed E-state index contributed by atoms with van der Waals surface area (Å²) in [5.41, 5.74) is 1.01. The van der Waals surface area contributed by atoms with Gasteiger partial charge in [-0.15, -0.1) is 0 Å². The van der Waals surface area contributed by atoms with Crippen LogP contribution in [0.5, 0.6) is 5.75 Å². The average molecular weight is 271 g/mol. The molecule has 1 aromatic carbocycles. The molecule has 0 fully saturated rings. The minimum absolute atomic E-state index is 0.242. The number of carboxylic acid groups (broad SMARTS) is 1. The smallest absolute Gasteiger partial charge is 0.341 e. The molecule has 5 heteroatoms. The van der Waals surface area contributed by atoms with E-state index >= 15 is 0 Å². The van der Waals surface area contributed by atoms with Gasteiger partial charge in [-0.25, -0.2) is 4.79 Å². The van der Waals surface area contributed by atoms with Crippen molar-refractivity contribution in [3.63, 3.8) is 0 Å². The maximum atomic E-state index is 12.3. The number of fused-ring (bicyclic) bond motifs is 2. The van der Waals surface area contributed by atoms with Crippen LogP contribution in [0.15, 0.2) is 29.2 Å². The van der Waals surface area contributed by atoms with E-state index < -0.39 is 11.4 Å². The molecule has 0 spiro atoms. The monoisotopic (exact) mass is 271 g/mol. The normalized spacial score (nSPS) is 13.7. The highest BCUT2D eigenvalue weighted by molar-refractivity contribution is 5.94. The molecule has 2 aromatic rings. The van der Waals surface area contributed by atoms with E-state index in [1.807, 2.05) is 13.0 Å². The minimum Gasteiger partial charge on any atom is -0.493 e. The Bertz CT molecular complexity index is 802. The number of benzene rings is 1. The standard InChI is InChI=1S/C15H13NO4/c1-2-4-16-8-11(15(18)19)14(17)10-7-13-9(3-5-20-13)6-12(10)16/h2,4,6-8H,3,5H2,1H3,(H,18,19). The summed E-state index contributed by atoms with van der Waals surface area (Å²) in [6.45, 7) is 2.43. The largest absolute Gasteiger partial charge is 0.493 e. The summed E-state index contributed by atoms with van der Waals surface area (Å²) in [6, 6.07) is 3.54. The first-order valence-electron chi connectivity index (χ1n) is 6.32. The first kappa shape index (κ1) is 12.5. The van der Waals surface area contributed by atoms with Crippen molar-refractivity contribution in [2.45, 2.75) is 13.3 Å². The van der Waals surface area contributed by atoms with Gasteiger partial charge in [-0.2, -0.15) is 0 Å². The SMILES string of the molecule is CC=Cn1cc(C(=O)O)c(=O)c2cc3c(cc21)CCO3. The second-order valence-corrected chi connectivity index (χ2v) is 4.64.